The summed E-state index contributed by atoms with van der Waals surface area (Å²) in [7, 11) is 0. The van der Waals surface area contributed by atoms with Crippen molar-refractivity contribution in [1.29, 1.82) is 0 Å². The Hall–Kier alpha value is -0.470. The van der Waals surface area contributed by atoms with Gasteiger partial charge in [-0.25, -0.2) is 0 Å². The van der Waals surface area contributed by atoms with E-state index in [9.17, 15) is 0 Å². The molecular weight excluding hydrogens is 238 g/mol. The van der Waals surface area contributed by atoms with Crippen LogP contribution in [0.25, 0.3) is 0 Å². The van der Waals surface area contributed by atoms with Crippen molar-refractivity contribution >= 4 is 11.8 Å². The zero-order valence-corrected chi connectivity index (χ0v) is 13.1. The molecule has 1 aromatic carbocycles. The third-order valence-corrected chi connectivity index (χ3v) is 4.09. The third-order valence-electron chi connectivity index (χ3n) is 2.99. The molecule has 0 aromatic heterocycles. The molecule has 1 nitrogen and oxygen atoms in total. The maximum Gasteiger partial charge on any atom is 0.00721 e. The molecule has 18 heavy (non-hydrogen) atoms. The first-order chi connectivity index (χ1) is 8.54. The Labute approximate surface area is 117 Å². The summed E-state index contributed by atoms with van der Waals surface area (Å²) in [6.07, 6.45) is 2.57. The molecule has 0 bridgehead atoms. The van der Waals surface area contributed by atoms with Crippen LogP contribution in [0.15, 0.2) is 29.2 Å². The van der Waals surface area contributed by atoms with Crippen LogP contribution in [0.5, 0.6) is 0 Å². The van der Waals surface area contributed by atoms with Crippen LogP contribution in [-0.2, 0) is 5.41 Å². The number of benzene rings is 1. The normalized spacial score (nSPS) is 11.8. The quantitative estimate of drug-likeness (QED) is 0.577. The van der Waals surface area contributed by atoms with Gasteiger partial charge in [0.05, 0.1) is 0 Å². The SMILES string of the molecule is CCNCCCCSc1ccc(C(C)(C)C)cc1. The van der Waals surface area contributed by atoms with Crippen molar-refractivity contribution in [3.05, 3.63) is 29.8 Å². The summed E-state index contributed by atoms with van der Waals surface area (Å²) in [6.45, 7) is 11.2. The predicted octanol–water partition coefficient (Wildman–Crippen LogP) is 4.47. The fraction of sp³-hybridized carbons (Fsp3) is 0.625. The van der Waals surface area contributed by atoms with Gasteiger partial charge in [-0.3, -0.25) is 0 Å². The zero-order valence-electron chi connectivity index (χ0n) is 12.3. The number of hydrogen-bond acceptors (Lipinski definition) is 2. The van der Waals surface area contributed by atoms with Crippen LogP contribution < -0.4 is 5.32 Å². The Morgan fingerprint density at radius 1 is 1.06 bits per heavy atom. The molecule has 0 fully saturated rings. The van der Waals surface area contributed by atoms with Crippen molar-refractivity contribution in [1.82, 2.24) is 5.32 Å². The van der Waals surface area contributed by atoms with Crippen molar-refractivity contribution in [3.8, 4) is 0 Å². The van der Waals surface area contributed by atoms with E-state index in [-0.39, 0.29) is 5.41 Å². The first-order valence-electron chi connectivity index (χ1n) is 6.98. The molecule has 0 radical (unpaired) electrons. The van der Waals surface area contributed by atoms with Gasteiger partial charge in [0.25, 0.3) is 0 Å². The van der Waals surface area contributed by atoms with Gasteiger partial charge in [-0.1, -0.05) is 39.8 Å². The summed E-state index contributed by atoms with van der Waals surface area (Å²) in [5, 5.41) is 3.36. The van der Waals surface area contributed by atoms with Crippen molar-refractivity contribution in [2.24, 2.45) is 0 Å². The third kappa shape index (κ3) is 5.92. The fourth-order valence-corrected chi connectivity index (χ4v) is 2.68. The average Bonchev–Trinajstić information content (AvgIpc) is 2.33. The van der Waals surface area contributed by atoms with Crippen LogP contribution in [0.2, 0.25) is 0 Å². The molecule has 0 spiro atoms. The summed E-state index contributed by atoms with van der Waals surface area (Å²) < 4.78 is 0. The van der Waals surface area contributed by atoms with Gasteiger partial charge in [-0.05, 0) is 54.8 Å². The summed E-state index contributed by atoms with van der Waals surface area (Å²) >= 11 is 1.97. The van der Waals surface area contributed by atoms with Gasteiger partial charge >= 0.3 is 0 Å². The number of thioether (sulfide) groups is 1. The lowest BCUT2D eigenvalue weighted by Gasteiger charge is -2.19. The van der Waals surface area contributed by atoms with Gasteiger partial charge in [0.15, 0.2) is 0 Å². The van der Waals surface area contributed by atoms with E-state index in [1.807, 2.05) is 11.8 Å². The Bertz CT molecular complexity index is 324. The van der Waals surface area contributed by atoms with Crippen LogP contribution in [0, 0.1) is 0 Å². The Morgan fingerprint density at radius 3 is 2.28 bits per heavy atom. The maximum absolute atomic E-state index is 3.36. The van der Waals surface area contributed by atoms with Gasteiger partial charge in [-0.2, -0.15) is 0 Å². The molecule has 0 aliphatic carbocycles. The molecule has 0 atom stereocenters. The Morgan fingerprint density at radius 2 is 1.72 bits per heavy atom. The number of rotatable bonds is 7. The molecule has 0 heterocycles. The average molecular weight is 265 g/mol. The summed E-state index contributed by atoms with van der Waals surface area (Å²) in [6, 6.07) is 9.05. The van der Waals surface area contributed by atoms with Crippen LogP contribution in [-0.4, -0.2) is 18.8 Å². The molecule has 0 saturated carbocycles. The molecule has 1 N–H and O–H groups in total. The largest absolute Gasteiger partial charge is 0.317 e. The number of nitrogens with one attached hydrogen (secondary N) is 1. The maximum atomic E-state index is 3.36. The number of hydrogen-bond donors (Lipinski definition) is 1. The lowest BCUT2D eigenvalue weighted by atomic mass is 9.87. The van der Waals surface area contributed by atoms with E-state index in [0.717, 1.165) is 13.1 Å². The van der Waals surface area contributed by atoms with Crippen LogP contribution in [0.1, 0.15) is 46.1 Å². The monoisotopic (exact) mass is 265 g/mol. The van der Waals surface area contributed by atoms with E-state index in [1.165, 1.54) is 29.1 Å². The minimum Gasteiger partial charge on any atom is -0.317 e. The first-order valence-corrected chi connectivity index (χ1v) is 7.96. The standard InChI is InChI=1S/C16H27NS/c1-5-17-12-6-7-13-18-15-10-8-14(9-11-15)16(2,3)4/h8-11,17H,5-7,12-13H2,1-4H3. The topological polar surface area (TPSA) is 12.0 Å². The van der Waals surface area contributed by atoms with Crippen molar-refractivity contribution in [2.45, 2.75) is 50.8 Å². The highest BCUT2D eigenvalue weighted by molar-refractivity contribution is 7.99. The molecule has 0 aliphatic rings. The van der Waals surface area contributed by atoms with Gasteiger partial charge in [0.2, 0.25) is 0 Å². The zero-order chi connectivity index (χ0) is 13.4. The second kappa shape index (κ2) is 7.85. The van der Waals surface area contributed by atoms with Gasteiger partial charge in [0, 0.05) is 4.90 Å². The first kappa shape index (κ1) is 15.6. The lowest BCUT2D eigenvalue weighted by molar-refractivity contribution is 0.590. The Kier molecular flexibility index (Phi) is 6.80. The van der Waals surface area contributed by atoms with E-state index >= 15 is 0 Å². The van der Waals surface area contributed by atoms with Crippen LogP contribution in [0.3, 0.4) is 0 Å². The minimum atomic E-state index is 0.259. The lowest BCUT2D eigenvalue weighted by Crippen LogP contribution is -2.13. The minimum absolute atomic E-state index is 0.259. The second-order valence-electron chi connectivity index (χ2n) is 5.68. The number of unbranched alkanes of at least 4 members (excludes halogenated alkanes) is 1. The fourth-order valence-electron chi connectivity index (χ4n) is 1.77. The highest BCUT2D eigenvalue weighted by atomic mass is 32.2. The highest BCUT2D eigenvalue weighted by Crippen LogP contribution is 2.25. The van der Waals surface area contributed by atoms with E-state index < -0.39 is 0 Å². The van der Waals surface area contributed by atoms with Crippen LogP contribution >= 0.6 is 11.8 Å². The van der Waals surface area contributed by atoms with Crippen molar-refractivity contribution < 1.29 is 0 Å². The van der Waals surface area contributed by atoms with E-state index in [2.05, 4.69) is 57.3 Å². The molecule has 1 aromatic rings. The second-order valence-corrected chi connectivity index (χ2v) is 6.85. The van der Waals surface area contributed by atoms with Gasteiger partial charge in [-0.15, -0.1) is 11.8 Å². The van der Waals surface area contributed by atoms with Crippen molar-refractivity contribution in [3.63, 3.8) is 0 Å². The van der Waals surface area contributed by atoms with Crippen molar-refractivity contribution in [2.75, 3.05) is 18.8 Å². The van der Waals surface area contributed by atoms with E-state index in [1.54, 1.807) is 0 Å². The van der Waals surface area contributed by atoms with Crippen LogP contribution in [0.4, 0.5) is 0 Å². The molecule has 2 heteroatoms. The highest BCUT2D eigenvalue weighted by Gasteiger charge is 2.12. The smallest absolute Gasteiger partial charge is 0.00721 e. The molecule has 102 valence electrons. The summed E-state index contributed by atoms with van der Waals surface area (Å²) in [5.74, 6) is 1.22. The van der Waals surface area contributed by atoms with E-state index in [4.69, 9.17) is 0 Å². The van der Waals surface area contributed by atoms with Gasteiger partial charge < -0.3 is 5.32 Å². The summed E-state index contributed by atoms with van der Waals surface area (Å²) in [4.78, 5) is 1.39. The molecule has 0 amide bonds. The predicted molar refractivity (Wildman–Crippen MR) is 83.6 cm³/mol. The molecule has 0 aliphatic heterocycles. The molecule has 0 saturated heterocycles. The molecular formula is C16H27NS. The summed E-state index contributed by atoms with van der Waals surface area (Å²) in [5.41, 5.74) is 1.67. The Balaban J connectivity index is 2.27. The van der Waals surface area contributed by atoms with E-state index in [0.29, 0.717) is 0 Å². The molecule has 1 rings (SSSR count). The van der Waals surface area contributed by atoms with Gasteiger partial charge in [0.1, 0.15) is 0 Å². The molecule has 0 unspecified atom stereocenters.